The van der Waals surface area contributed by atoms with Crippen LogP contribution >= 0.6 is 0 Å². The lowest BCUT2D eigenvalue weighted by Crippen LogP contribution is -2.26. The van der Waals surface area contributed by atoms with Crippen LogP contribution in [0.25, 0.3) is 11.1 Å². The molecular formula is C24H28N2O3. The molecule has 3 rings (SSSR count). The molecule has 0 amide bonds. The zero-order valence-electron chi connectivity index (χ0n) is 17.3. The highest BCUT2D eigenvalue weighted by molar-refractivity contribution is 5.96. The van der Waals surface area contributed by atoms with Crippen molar-refractivity contribution in [2.24, 2.45) is 0 Å². The molecule has 0 saturated carbocycles. The van der Waals surface area contributed by atoms with Crippen molar-refractivity contribution in [2.75, 3.05) is 0 Å². The van der Waals surface area contributed by atoms with E-state index in [1.807, 2.05) is 47.2 Å². The van der Waals surface area contributed by atoms with Crippen LogP contribution in [0.15, 0.2) is 59.5 Å². The first kappa shape index (κ1) is 20.6. The molecule has 0 spiro atoms. The maximum Gasteiger partial charge on any atom is 0.336 e. The topological polar surface area (TPSA) is 64.2 Å². The van der Waals surface area contributed by atoms with Gasteiger partial charge in [0.05, 0.1) is 12.1 Å². The Morgan fingerprint density at radius 3 is 2.34 bits per heavy atom. The highest BCUT2D eigenvalue weighted by atomic mass is 16.4. The summed E-state index contributed by atoms with van der Waals surface area (Å²) in [5.74, 6) is -0.693. The fourth-order valence-electron chi connectivity index (χ4n) is 3.71. The third-order valence-corrected chi connectivity index (χ3v) is 5.45. The summed E-state index contributed by atoms with van der Waals surface area (Å²) in [5, 5.41) is 9.60. The monoisotopic (exact) mass is 392 g/mol. The number of rotatable bonds is 8. The van der Waals surface area contributed by atoms with Crippen LogP contribution in [-0.2, 0) is 13.1 Å². The third-order valence-electron chi connectivity index (χ3n) is 5.45. The van der Waals surface area contributed by atoms with E-state index in [-0.39, 0.29) is 17.2 Å². The number of hydrogen-bond donors (Lipinski definition) is 1. The Labute approximate surface area is 171 Å². The average molecular weight is 392 g/mol. The first-order chi connectivity index (χ1) is 14.0. The Kier molecular flexibility index (Phi) is 6.37. The molecule has 0 radical (unpaired) electrons. The average Bonchev–Trinajstić information content (AvgIpc) is 3.04. The summed E-state index contributed by atoms with van der Waals surface area (Å²) in [7, 11) is 0. The number of benzene rings is 2. The molecule has 5 heteroatoms. The van der Waals surface area contributed by atoms with Crippen LogP contribution < -0.4 is 5.69 Å². The number of aromatic carboxylic acids is 1. The minimum atomic E-state index is -0.957. The minimum absolute atomic E-state index is 0.0107. The van der Waals surface area contributed by atoms with Gasteiger partial charge in [0.1, 0.15) is 0 Å². The molecule has 0 aliphatic heterocycles. The molecule has 1 N–H and O–H groups in total. The number of imidazole rings is 1. The smallest absolute Gasteiger partial charge is 0.336 e. The normalized spacial score (nSPS) is 12.1. The lowest BCUT2D eigenvalue weighted by Gasteiger charge is -2.16. The van der Waals surface area contributed by atoms with E-state index >= 15 is 0 Å². The van der Waals surface area contributed by atoms with Crippen molar-refractivity contribution in [3.05, 3.63) is 82.0 Å². The van der Waals surface area contributed by atoms with Gasteiger partial charge in [0.25, 0.3) is 0 Å². The summed E-state index contributed by atoms with van der Waals surface area (Å²) >= 11 is 0. The van der Waals surface area contributed by atoms with Crippen molar-refractivity contribution in [1.82, 2.24) is 9.13 Å². The van der Waals surface area contributed by atoms with Gasteiger partial charge in [-0.3, -0.25) is 9.13 Å². The molecule has 2 aromatic carbocycles. The molecule has 29 heavy (non-hydrogen) atoms. The van der Waals surface area contributed by atoms with Gasteiger partial charge >= 0.3 is 11.7 Å². The predicted octanol–water partition coefficient (Wildman–Crippen LogP) is 4.99. The van der Waals surface area contributed by atoms with E-state index < -0.39 is 5.97 Å². The molecule has 3 aromatic rings. The molecule has 0 saturated heterocycles. The van der Waals surface area contributed by atoms with Crippen LogP contribution in [0.1, 0.15) is 61.1 Å². The predicted molar refractivity (Wildman–Crippen MR) is 116 cm³/mol. The van der Waals surface area contributed by atoms with Crippen molar-refractivity contribution < 1.29 is 9.90 Å². The van der Waals surface area contributed by atoms with E-state index in [1.165, 1.54) is 0 Å². The molecule has 1 heterocycles. The van der Waals surface area contributed by atoms with Gasteiger partial charge in [-0.05, 0) is 41.5 Å². The van der Waals surface area contributed by atoms with Crippen LogP contribution in [0, 0.1) is 0 Å². The number of aryl methyl sites for hydroxylation is 1. The zero-order valence-corrected chi connectivity index (χ0v) is 17.3. The number of carboxylic acids is 1. The molecule has 0 fully saturated rings. The summed E-state index contributed by atoms with van der Waals surface area (Å²) in [5.41, 5.74) is 3.72. The van der Waals surface area contributed by atoms with Crippen LogP contribution in [0.2, 0.25) is 0 Å². The lowest BCUT2D eigenvalue weighted by atomic mass is 9.95. The molecule has 1 atom stereocenters. The van der Waals surface area contributed by atoms with E-state index in [0.717, 1.165) is 29.7 Å². The molecule has 5 nitrogen and oxygen atoms in total. The summed E-state index contributed by atoms with van der Waals surface area (Å²) in [6.07, 6.45) is 3.82. The van der Waals surface area contributed by atoms with Crippen LogP contribution in [0.4, 0.5) is 0 Å². The number of carboxylic acid groups (broad SMARTS) is 1. The van der Waals surface area contributed by atoms with Gasteiger partial charge < -0.3 is 5.11 Å². The van der Waals surface area contributed by atoms with Gasteiger partial charge in [-0.25, -0.2) is 9.59 Å². The van der Waals surface area contributed by atoms with Crippen molar-refractivity contribution in [3.63, 3.8) is 0 Å². The van der Waals surface area contributed by atoms with Gasteiger partial charge in [-0.2, -0.15) is 0 Å². The number of carbonyl (C=O) groups is 1. The fourth-order valence-corrected chi connectivity index (χ4v) is 3.71. The molecule has 0 aliphatic rings. The largest absolute Gasteiger partial charge is 0.478 e. The minimum Gasteiger partial charge on any atom is -0.478 e. The number of aromatic nitrogens is 2. The molecule has 1 aromatic heterocycles. The van der Waals surface area contributed by atoms with Crippen LogP contribution in [-0.4, -0.2) is 20.2 Å². The summed E-state index contributed by atoms with van der Waals surface area (Å²) in [4.78, 5) is 24.8. The van der Waals surface area contributed by atoms with Crippen molar-refractivity contribution in [3.8, 4) is 11.1 Å². The summed E-state index contributed by atoms with van der Waals surface area (Å²) < 4.78 is 3.63. The van der Waals surface area contributed by atoms with Crippen LogP contribution in [0.5, 0.6) is 0 Å². The summed E-state index contributed by atoms with van der Waals surface area (Å²) in [6, 6.07) is 14.7. The van der Waals surface area contributed by atoms with Gasteiger partial charge in [0.2, 0.25) is 0 Å². The van der Waals surface area contributed by atoms with Gasteiger partial charge in [0, 0.05) is 18.4 Å². The first-order valence-electron chi connectivity index (χ1n) is 10.2. The van der Waals surface area contributed by atoms with Crippen molar-refractivity contribution in [1.29, 1.82) is 0 Å². The molecule has 1 unspecified atom stereocenters. The highest BCUT2D eigenvalue weighted by Gasteiger charge is 2.18. The quantitative estimate of drug-likeness (QED) is 0.587. The van der Waals surface area contributed by atoms with Crippen LogP contribution in [0.3, 0.4) is 0 Å². The molecule has 152 valence electrons. The molecule has 0 aliphatic carbocycles. The van der Waals surface area contributed by atoms with Gasteiger partial charge in [-0.15, -0.1) is 0 Å². The second-order valence-electron chi connectivity index (χ2n) is 7.43. The van der Waals surface area contributed by atoms with E-state index in [9.17, 15) is 14.7 Å². The standard InChI is InChI=1S/C24H28N2O3/c1-4-14-25-16-22(17(3)5-2)26(24(25)29)15-18-10-6-7-11-19(18)20-12-8-9-13-21(20)23(27)28/h6-13,16-17H,4-5,14-15H2,1-3H3,(H,27,28). The molecular weight excluding hydrogens is 364 g/mol. The van der Waals surface area contributed by atoms with E-state index in [4.69, 9.17) is 0 Å². The number of hydrogen-bond acceptors (Lipinski definition) is 2. The maximum atomic E-state index is 13.1. The SMILES string of the molecule is CCCn1cc(C(C)CC)n(Cc2ccccc2-c2ccccc2C(=O)O)c1=O. The van der Waals surface area contributed by atoms with Crippen molar-refractivity contribution >= 4 is 5.97 Å². The Bertz CT molecular complexity index is 1060. The Balaban J connectivity index is 2.12. The van der Waals surface area contributed by atoms with Gasteiger partial charge in [0.15, 0.2) is 0 Å². The number of nitrogens with zero attached hydrogens (tertiary/aromatic N) is 2. The molecule has 0 bridgehead atoms. The summed E-state index contributed by atoms with van der Waals surface area (Å²) in [6.45, 7) is 7.42. The first-order valence-corrected chi connectivity index (χ1v) is 10.2. The highest BCUT2D eigenvalue weighted by Crippen LogP contribution is 2.28. The van der Waals surface area contributed by atoms with E-state index in [1.54, 1.807) is 16.7 Å². The lowest BCUT2D eigenvalue weighted by molar-refractivity contribution is 0.0697. The Morgan fingerprint density at radius 1 is 1.03 bits per heavy atom. The zero-order chi connectivity index (χ0) is 21.0. The van der Waals surface area contributed by atoms with Gasteiger partial charge in [-0.1, -0.05) is 63.2 Å². The van der Waals surface area contributed by atoms with E-state index in [2.05, 4.69) is 20.8 Å². The van der Waals surface area contributed by atoms with E-state index in [0.29, 0.717) is 18.7 Å². The fraction of sp³-hybridized carbons (Fsp3) is 0.333. The Morgan fingerprint density at radius 2 is 1.69 bits per heavy atom. The Hall–Kier alpha value is -3.08. The third kappa shape index (κ3) is 4.19. The second kappa shape index (κ2) is 8.95. The van der Waals surface area contributed by atoms with Crippen molar-refractivity contribution in [2.45, 2.75) is 52.6 Å². The maximum absolute atomic E-state index is 13.1. The second-order valence-corrected chi connectivity index (χ2v) is 7.43.